The number of amides is 2. The summed E-state index contributed by atoms with van der Waals surface area (Å²) in [4.78, 5) is 26.6. The van der Waals surface area contributed by atoms with Crippen LogP contribution in [0.3, 0.4) is 0 Å². The van der Waals surface area contributed by atoms with Crippen molar-refractivity contribution < 1.29 is 14.0 Å². The summed E-state index contributed by atoms with van der Waals surface area (Å²) in [5.41, 5.74) is 0.965. The van der Waals surface area contributed by atoms with Gasteiger partial charge < -0.3 is 14.6 Å². The van der Waals surface area contributed by atoms with Crippen LogP contribution in [0.4, 0.5) is 0 Å². The highest BCUT2D eigenvalue weighted by Crippen LogP contribution is 2.24. The first-order valence-corrected chi connectivity index (χ1v) is 8.62. The van der Waals surface area contributed by atoms with Crippen LogP contribution in [0.25, 0.3) is 0 Å². The van der Waals surface area contributed by atoms with Gasteiger partial charge in [-0.1, -0.05) is 13.8 Å². The number of hydrogen-bond acceptors (Lipinski definition) is 4. The number of rotatable bonds is 6. The quantitative estimate of drug-likeness (QED) is 0.870. The number of carbonyl (C=O) groups excluding carboxylic acids is 2. The van der Waals surface area contributed by atoms with Gasteiger partial charge in [0.1, 0.15) is 5.76 Å². The number of nitrogens with zero attached hydrogens (tertiary/aromatic N) is 3. The molecule has 1 N–H and O–H groups in total. The van der Waals surface area contributed by atoms with Crippen molar-refractivity contribution in [3.05, 3.63) is 42.1 Å². The Balaban J connectivity index is 1.63. The summed E-state index contributed by atoms with van der Waals surface area (Å²) in [6.07, 6.45) is 4.10. The first-order valence-electron chi connectivity index (χ1n) is 8.62. The minimum atomic E-state index is -0.147. The molecule has 0 aromatic carbocycles. The van der Waals surface area contributed by atoms with E-state index in [-0.39, 0.29) is 24.3 Å². The van der Waals surface area contributed by atoms with E-state index in [0.29, 0.717) is 37.7 Å². The molecule has 0 aliphatic carbocycles. The predicted octanol–water partition coefficient (Wildman–Crippen LogP) is 2.11. The van der Waals surface area contributed by atoms with E-state index in [9.17, 15) is 9.59 Å². The summed E-state index contributed by atoms with van der Waals surface area (Å²) in [6.45, 7) is 5.49. The van der Waals surface area contributed by atoms with Crippen molar-refractivity contribution in [2.45, 2.75) is 45.8 Å². The predicted molar refractivity (Wildman–Crippen MR) is 91.3 cm³/mol. The molecule has 3 rings (SSSR count). The van der Waals surface area contributed by atoms with Crippen LogP contribution in [-0.2, 0) is 22.7 Å². The number of aromatic nitrogens is 2. The van der Waals surface area contributed by atoms with Crippen molar-refractivity contribution in [2.75, 3.05) is 6.54 Å². The van der Waals surface area contributed by atoms with E-state index in [0.717, 1.165) is 5.69 Å². The van der Waals surface area contributed by atoms with Gasteiger partial charge in [-0.3, -0.25) is 14.3 Å². The van der Waals surface area contributed by atoms with Crippen LogP contribution < -0.4 is 5.32 Å². The van der Waals surface area contributed by atoms with Crippen LogP contribution in [0.15, 0.2) is 35.1 Å². The molecule has 0 spiro atoms. The van der Waals surface area contributed by atoms with Crippen LogP contribution in [0, 0.1) is 5.92 Å². The molecule has 2 aromatic heterocycles. The molecule has 2 amide bonds. The first-order chi connectivity index (χ1) is 12.0. The molecular weight excluding hydrogens is 320 g/mol. The maximum atomic E-state index is 12.4. The summed E-state index contributed by atoms with van der Waals surface area (Å²) < 4.78 is 7.08. The molecule has 0 fully saturated rings. The van der Waals surface area contributed by atoms with Crippen molar-refractivity contribution >= 4 is 11.8 Å². The van der Waals surface area contributed by atoms with Gasteiger partial charge in [-0.05, 0) is 24.1 Å². The second-order valence-corrected chi connectivity index (χ2v) is 6.85. The fraction of sp³-hybridized carbons (Fsp3) is 0.500. The zero-order valence-electron chi connectivity index (χ0n) is 14.6. The Bertz CT molecular complexity index is 721. The zero-order chi connectivity index (χ0) is 17.8. The third-order valence-corrected chi connectivity index (χ3v) is 4.28. The van der Waals surface area contributed by atoms with E-state index >= 15 is 0 Å². The molecule has 7 heteroatoms. The topological polar surface area (TPSA) is 80.4 Å². The molecule has 1 aliphatic heterocycles. The fourth-order valence-corrected chi connectivity index (χ4v) is 3.09. The molecule has 0 unspecified atom stereocenters. The minimum absolute atomic E-state index is 0.0824. The highest BCUT2D eigenvalue weighted by molar-refractivity contribution is 5.78. The van der Waals surface area contributed by atoms with Gasteiger partial charge in [-0.15, -0.1) is 0 Å². The maximum absolute atomic E-state index is 12.4. The van der Waals surface area contributed by atoms with Gasteiger partial charge in [-0.2, -0.15) is 5.10 Å². The molecule has 7 nitrogen and oxygen atoms in total. The summed E-state index contributed by atoms with van der Waals surface area (Å²) in [5, 5.41) is 7.19. The molecule has 1 aliphatic rings. The van der Waals surface area contributed by atoms with Gasteiger partial charge in [-0.25, -0.2) is 0 Å². The van der Waals surface area contributed by atoms with Gasteiger partial charge in [0.25, 0.3) is 0 Å². The first kappa shape index (κ1) is 17.3. The lowest BCUT2D eigenvalue weighted by Gasteiger charge is -2.34. The van der Waals surface area contributed by atoms with E-state index in [2.05, 4.69) is 10.4 Å². The maximum Gasteiger partial charge on any atom is 0.223 e. The van der Waals surface area contributed by atoms with Crippen LogP contribution in [-0.4, -0.2) is 33.0 Å². The van der Waals surface area contributed by atoms with Crippen LogP contribution >= 0.6 is 0 Å². The number of carbonyl (C=O) groups is 2. The van der Waals surface area contributed by atoms with E-state index < -0.39 is 0 Å². The molecule has 0 saturated carbocycles. The van der Waals surface area contributed by atoms with Crippen molar-refractivity contribution in [1.29, 1.82) is 0 Å². The Kier molecular flexibility index (Phi) is 5.21. The van der Waals surface area contributed by atoms with Crippen molar-refractivity contribution in [3.8, 4) is 0 Å². The summed E-state index contributed by atoms with van der Waals surface area (Å²) >= 11 is 0. The average molecular weight is 344 g/mol. The molecular formula is C18H24N4O3. The van der Waals surface area contributed by atoms with Crippen LogP contribution in [0.1, 0.15) is 44.2 Å². The molecule has 25 heavy (non-hydrogen) atoms. The van der Waals surface area contributed by atoms with E-state index in [1.165, 1.54) is 0 Å². The molecule has 134 valence electrons. The Labute approximate surface area is 147 Å². The third kappa shape index (κ3) is 4.29. The summed E-state index contributed by atoms with van der Waals surface area (Å²) in [7, 11) is 0. The average Bonchev–Trinajstić information content (AvgIpc) is 3.23. The molecule has 0 bridgehead atoms. The van der Waals surface area contributed by atoms with E-state index in [1.54, 1.807) is 18.5 Å². The summed E-state index contributed by atoms with van der Waals surface area (Å²) in [5.74, 6) is 1.07. The number of hydrogen-bond donors (Lipinski definition) is 1. The Morgan fingerprint density at radius 1 is 1.40 bits per heavy atom. The number of furan rings is 1. The monoisotopic (exact) mass is 344 g/mol. The largest absolute Gasteiger partial charge is 0.467 e. The normalized spacial score (nSPS) is 16.8. The van der Waals surface area contributed by atoms with Gasteiger partial charge in [0.05, 0.1) is 37.5 Å². The highest BCUT2D eigenvalue weighted by atomic mass is 16.3. The molecule has 3 heterocycles. The molecule has 0 radical (unpaired) electrons. The Morgan fingerprint density at radius 3 is 2.96 bits per heavy atom. The number of fused-ring (bicyclic) bond motifs is 1. The molecule has 0 saturated heterocycles. The standard InChI is InChI=1S/C18H24N4O3/c1-13(2)8-18(24)21-11-14-5-6-20-22(14)15(12-21)9-17(23)19-10-16-4-3-7-25-16/h3-7,13,15H,8-12H2,1-2H3,(H,19,23)/t15-/m1/s1. The second kappa shape index (κ2) is 7.55. The lowest BCUT2D eigenvalue weighted by atomic mass is 10.1. The van der Waals surface area contributed by atoms with Crippen molar-refractivity contribution in [3.63, 3.8) is 0 Å². The van der Waals surface area contributed by atoms with E-state index in [4.69, 9.17) is 4.42 Å². The smallest absolute Gasteiger partial charge is 0.223 e. The lowest BCUT2D eigenvalue weighted by molar-refractivity contribution is -0.135. The van der Waals surface area contributed by atoms with Gasteiger partial charge >= 0.3 is 0 Å². The van der Waals surface area contributed by atoms with Gasteiger partial charge in [0.15, 0.2) is 0 Å². The van der Waals surface area contributed by atoms with Gasteiger partial charge in [0.2, 0.25) is 11.8 Å². The zero-order valence-corrected chi connectivity index (χ0v) is 14.6. The fourth-order valence-electron chi connectivity index (χ4n) is 3.09. The highest BCUT2D eigenvalue weighted by Gasteiger charge is 2.30. The van der Waals surface area contributed by atoms with Crippen molar-refractivity contribution in [1.82, 2.24) is 20.0 Å². The van der Waals surface area contributed by atoms with Gasteiger partial charge in [0, 0.05) is 19.2 Å². The molecule has 2 aromatic rings. The number of nitrogens with one attached hydrogen (secondary N) is 1. The third-order valence-electron chi connectivity index (χ3n) is 4.28. The minimum Gasteiger partial charge on any atom is -0.467 e. The Morgan fingerprint density at radius 2 is 2.24 bits per heavy atom. The Hall–Kier alpha value is -2.57. The van der Waals surface area contributed by atoms with E-state index in [1.807, 2.05) is 35.6 Å². The van der Waals surface area contributed by atoms with Crippen LogP contribution in [0.5, 0.6) is 0 Å². The second-order valence-electron chi connectivity index (χ2n) is 6.85. The van der Waals surface area contributed by atoms with Crippen molar-refractivity contribution in [2.24, 2.45) is 5.92 Å². The van der Waals surface area contributed by atoms with Crippen LogP contribution in [0.2, 0.25) is 0 Å². The SMILES string of the molecule is CC(C)CC(=O)N1Cc2ccnn2[C@H](CC(=O)NCc2ccco2)C1. The summed E-state index contributed by atoms with van der Waals surface area (Å²) in [6, 6.07) is 5.37. The lowest BCUT2D eigenvalue weighted by Crippen LogP contribution is -2.43. The molecule has 1 atom stereocenters.